The Bertz CT molecular complexity index is 397. The van der Waals surface area contributed by atoms with Crippen LogP contribution in [0.4, 0.5) is 4.39 Å². The highest BCUT2D eigenvalue weighted by molar-refractivity contribution is 6.31. The first-order chi connectivity index (χ1) is 8.06. The van der Waals surface area contributed by atoms with Gasteiger partial charge in [-0.2, -0.15) is 5.10 Å². The van der Waals surface area contributed by atoms with Crippen molar-refractivity contribution >= 4 is 11.6 Å². The second-order valence-corrected chi connectivity index (χ2v) is 5.12. The van der Waals surface area contributed by atoms with Crippen LogP contribution in [-0.4, -0.2) is 28.5 Å². The van der Waals surface area contributed by atoms with Crippen molar-refractivity contribution in [2.24, 2.45) is 0 Å². The van der Waals surface area contributed by atoms with E-state index in [9.17, 15) is 4.39 Å². The molecule has 1 aromatic rings. The summed E-state index contributed by atoms with van der Waals surface area (Å²) in [5.41, 5.74) is 0.506. The molecule has 1 aliphatic heterocycles. The topological polar surface area (TPSA) is 29.9 Å². The van der Waals surface area contributed by atoms with Crippen LogP contribution < -0.4 is 5.32 Å². The van der Waals surface area contributed by atoms with Gasteiger partial charge in [0, 0.05) is 13.0 Å². The van der Waals surface area contributed by atoms with Gasteiger partial charge < -0.3 is 5.32 Å². The Kier molecular flexibility index (Phi) is 3.73. The Labute approximate surface area is 106 Å². The lowest BCUT2D eigenvalue weighted by Crippen LogP contribution is -2.40. The smallest absolute Gasteiger partial charge is 0.119 e. The first-order valence-electron chi connectivity index (χ1n) is 6.17. The molecule has 1 aliphatic rings. The summed E-state index contributed by atoms with van der Waals surface area (Å²) < 4.78 is 16.4. The fraction of sp³-hybridized carbons (Fsp3) is 0.750. The first kappa shape index (κ1) is 12.8. The number of aryl methyl sites for hydroxylation is 2. The van der Waals surface area contributed by atoms with E-state index < -0.39 is 5.67 Å². The third kappa shape index (κ3) is 2.63. The summed E-state index contributed by atoms with van der Waals surface area (Å²) in [5, 5.41) is 8.13. The van der Waals surface area contributed by atoms with Crippen molar-refractivity contribution in [3.8, 4) is 0 Å². The minimum absolute atomic E-state index is 0.377. The quantitative estimate of drug-likeness (QED) is 0.904. The second kappa shape index (κ2) is 4.94. The maximum atomic E-state index is 14.6. The number of rotatable bonds is 3. The number of hydrogen-bond donors (Lipinski definition) is 1. The Morgan fingerprint density at radius 1 is 1.47 bits per heavy atom. The maximum Gasteiger partial charge on any atom is 0.119 e. The van der Waals surface area contributed by atoms with E-state index in [4.69, 9.17) is 11.6 Å². The molecule has 0 unspecified atom stereocenters. The molecule has 0 bridgehead atoms. The van der Waals surface area contributed by atoms with Crippen LogP contribution in [0.1, 0.15) is 31.2 Å². The summed E-state index contributed by atoms with van der Waals surface area (Å²) in [6.45, 7) is 6.09. The average Bonchev–Trinajstić information content (AvgIpc) is 2.57. The van der Waals surface area contributed by atoms with E-state index in [0.29, 0.717) is 24.3 Å². The standard InChI is InChI=1S/C12H19ClFN3/c1-3-17-10(11(13)9(2)16-17)8-12(14)4-6-15-7-5-12/h15H,3-8H2,1-2H3. The fourth-order valence-electron chi connectivity index (χ4n) is 2.39. The average molecular weight is 260 g/mol. The molecule has 1 N–H and O–H groups in total. The van der Waals surface area contributed by atoms with Crippen LogP contribution in [-0.2, 0) is 13.0 Å². The summed E-state index contributed by atoms with van der Waals surface area (Å²) >= 11 is 6.21. The highest BCUT2D eigenvalue weighted by Gasteiger charge is 2.34. The van der Waals surface area contributed by atoms with E-state index >= 15 is 0 Å². The second-order valence-electron chi connectivity index (χ2n) is 4.74. The Hall–Kier alpha value is -0.610. The zero-order chi connectivity index (χ0) is 12.5. The Morgan fingerprint density at radius 2 is 2.12 bits per heavy atom. The van der Waals surface area contributed by atoms with E-state index in [0.717, 1.165) is 31.0 Å². The summed E-state index contributed by atoms with van der Waals surface area (Å²) in [6, 6.07) is 0. The van der Waals surface area contributed by atoms with Crippen LogP contribution in [0.15, 0.2) is 0 Å². The summed E-state index contributed by atoms with van der Waals surface area (Å²) in [4.78, 5) is 0. The van der Waals surface area contributed by atoms with Crippen LogP contribution in [0.2, 0.25) is 5.02 Å². The number of aromatic nitrogens is 2. The molecule has 17 heavy (non-hydrogen) atoms. The predicted octanol–water partition coefficient (Wildman–Crippen LogP) is 2.50. The van der Waals surface area contributed by atoms with Crippen molar-refractivity contribution in [2.45, 2.75) is 45.3 Å². The number of alkyl halides is 1. The van der Waals surface area contributed by atoms with Gasteiger partial charge in [0.25, 0.3) is 0 Å². The van der Waals surface area contributed by atoms with Gasteiger partial charge in [0.15, 0.2) is 0 Å². The molecule has 1 aromatic heterocycles. The van der Waals surface area contributed by atoms with Gasteiger partial charge in [-0.05, 0) is 39.8 Å². The molecule has 96 valence electrons. The highest BCUT2D eigenvalue weighted by Crippen LogP contribution is 2.31. The zero-order valence-electron chi connectivity index (χ0n) is 10.4. The third-order valence-electron chi connectivity index (χ3n) is 3.44. The molecule has 2 rings (SSSR count). The molecule has 0 spiro atoms. The van der Waals surface area contributed by atoms with Crippen LogP contribution in [0.3, 0.4) is 0 Å². The Balaban J connectivity index is 2.22. The Morgan fingerprint density at radius 3 is 2.71 bits per heavy atom. The van der Waals surface area contributed by atoms with Crippen LogP contribution >= 0.6 is 11.6 Å². The van der Waals surface area contributed by atoms with Crippen LogP contribution in [0.5, 0.6) is 0 Å². The van der Waals surface area contributed by atoms with Gasteiger partial charge in [0.1, 0.15) is 5.67 Å². The van der Waals surface area contributed by atoms with Gasteiger partial charge in [0.2, 0.25) is 0 Å². The molecular formula is C12H19ClFN3. The molecule has 0 aliphatic carbocycles. The maximum absolute atomic E-state index is 14.6. The van der Waals surface area contributed by atoms with Crippen molar-refractivity contribution in [3.63, 3.8) is 0 Å². The predicted molar refractivity (Wildman–Crippen MR) is 67.3 cm³/mol. The normalized spacial score (nSPS) is 19.5. The number of piperidine rings is 1. The van der Waals surface area contributed by atoms with E-state index in [1.807, 2.05) is 18.5 Å². The molecule has 1 fully saturated rings. The van der Waals surface area contributed by atoms with E-state index in [-0.39, 0.29) is 0 Å². The molecule has 2 heterocycles. The number of nitrogens with one attached hydrogen (secondary N) is 1. The summed E-state index contributed by atoms with van der Waals surface area (Å²) in [6.07, 6.45) is 1.48. The number of nitrogens with zero attached hydrogens (tertiary/aromatic N) is 2. The fourth-order valence-corrected chi connectivity index (χ4v) is 2.59. The van der Waals surface area contributed by atoms with Crippen LogP contribution in [0.25, 0.3) is 0 Å². The van der Waals surface area contributed by atoms with Crippen molar-refractivity contribution in [3.05, 3.63) is 16.4 Å². The van der Waals surface area contributed by atoms with Crippen molar-refractivity contribution in [1.82, 2.24) is 15.1 Å². The summed E-state index contributed by atoms with van der Waals surface area (Å²) in [7, 11) is 0. The molecule has 1 saturated heterocycles. The van der Waals surface area contributed by atoms with E-state index in [2.05, 4.69) is 10.4 Å². The van der Waals surface area contributed by atoms with Crippen molar-refractivity contribution in [2.75, 3.05) is 13.1 Å². The van der Waals surface area contributed by atoms with Gasteiger partial charge in [-0.3, -0.25) is 4.68 Å². The van der Waals surface area contributed by atoms with Crippen molar-refractivity contribution < 1.29 is 4.39 Å². The third-order valence-corrected chi connectivity index (χ3v) is 3.93. The molecule has 0 amide bonds. The lowest BCUT2D eigenvalue weighted by molar-refractivity contribution is 0.113. The van der Waals surface area contributed by atoms with Crippen LogP contribution in [0, 0.1) is 6.92 Å². The highest BCUT2D eigenvalue weighted by atomic mass is 35.5. The van der Waals surface area contributed by atoms with Gasteiger partial charge in [-0.15, -0.1) is 0 Å². The molecule has 0 radical (unpaired) electrons. The molecule has 3 nitrogen and oxygen atoms in total. The monoisotopic (exact) mass is 259 g/mol. The van der Waals surface area contributed by atoms with Gasteiger partial charge in [-0.25, -0.2) is 4.39 Å². The van der Waals surface area contributed by atoms with Gasteiger partial charge in [-0.1, -0.05) is 11.6 Å². The number of halogens is 2. The zero-order valence-corrected chi connectivity index (χ0v) is 11.1. The van der Waals surface area contributed by atoms with E-state index in [1.165, 1.54) is 0 Å². The minimum Gasteiger partial charge on any atom is -0.316 e. The molecule has 0 atom stereocenters. The van der Waals surface area contributed by atoms with Gasteiger partial charge in [0.05, 0.1) is 16.4 Å². The lowest BCUT2D eigenvalue weighted by atomic mass is 9.89. The summed E-state index contributed by atoms with van der Waals surface area (Å²) in [5.74, 6) is 0. The van der Waals surface area contributed by atoms with Crippen molar-refractivity contribution in [1.29, 1.82) is 0 Å². The number of hydrogen-bond acceptors (Lipinski definition) is 2. The largest absolute Gasteiger partial charge is 0.316 e. The lowest BCUT2D eigenvalue weighted by Gasteiger charge is -2.30. The molecule has 0 aromatic carbocycles. The first-order valence-corrected chi connectivity index (χ1v) is 6.55. The van der Waals surface area contributed by atoms with Gasteiger partial charge >= 0.3 is 0 Å². The molecule has 5 heteroatoms. The SMILES string of the molecule is CCn1nc(C)c(Cl)c1CC1(F)CCNCC1. The molecule has 0 saturated carbocycles. The minimum atomic E-state index is -1.13. The van der Waals surface area contributed by atoms with E-state index in [1.54, 1.807) is 0 Å². The molecular weight excluding hydrogens is 241 g/mol.